The molecule has 4 heteroatoms. The normalized spacial score (nSPS) is 12.5. The molecule has 78 valence electrons. The maximum Gasteiger partial charge on any atom is 0.245 e. The Hall–Kier alpha value is -0.280. The van der Waals surface area contributed by atoms with E-state index in [1.165, 1.54) is 0 Å². The van der Waals surface area contributed by atoms with Gasteiger partial charge in [0.25, 0.3) is 0 Å². The van der Waals surface area contributed by atoms with Gasteiger partial charge in [0.1, 0.15) is 6.61 Å². The first-order valence-electron chi connectivity index (χ1n) is 4.65. The van der Waals surface area contributed by atoms with Crippen LogP contribution >= 0.6 is 11.6 Å². The van der Waals surface area contributed by atoms with Gasteiger partial charge in [0.05, 0.1) is 0 Å². The van der Waals surface area contributed by atoms with Gasteiger partial charge in [-0.1, -0.05) is 6.92 Å². The van der Waals surface area contributed by atoms with E-state index in [4.69, 9.17) is 16.3 Å². The zero-order valence-corrected chi connectivity index (χ0v) is 9.06. The van der Waals surface area contributed by atoms with Crippen molar-refractivity contribution in [2.75, 3.05) is 19.8 Å². The highest BCUT2D eigenvalue weighted by Crippen LogP contribution is 1.97. The number of hydrogen-bond donors (Lipinski definition) is 1. The fourth-order valence-electron chi connectivity index (χ4n) is 0.771. The molecular weight excluding hydrogens is 190 g/mol. The topological polar surface area (TPSA) is 38.3 Å². The molecule has 0 radical (unpaired) electrons. The van der Waals surface area contributed by atoms with E-state index >= 15 is 0 Å². The van der Waals surface area contributed by atoms with E-state index in [0.717, 1.165) is 12.8 Å². The van der Waals surface area contributed by atoms with Crippen molar-refractivity contribution in [1.29, 1.82) is 0 Å². The summed E-state index contributed by atoms with van der Waals surface area (Å²) in [4.78, 5) is 11.0. The monoisotopic (exact) mass is 207 g/mol. The molecule has 0 saturated heterocycles. The molecule has 0 fully saturated rings. The van der Waals surface area contributed by atoms with Crippen LogP contribution in [0.5, 0.6) is 0 Å². The van der Waals surface area contributed by atoms with Crippen LogP contribution in [0.2, 0.25) is 0 Å². The Balaban J connectivity index is 3.20. The van der Waals surface area contributed by atoms with Crippen LogP contribution < -0.4 is 5.32 Å². The van der Waals surface area contributed by atoms with Gasteiger partial charge in [-0.15, -0.1) is 11.6 Å². The van der Waals surface area contributed by atoms with Crippen molar-refractivity contribution < 1.29 is 9.53 Å². The molecule has 0 rings (SSSR count). The number of alkyl halides is 1. The Morgan fingerprint density at radius 1 is 1.62 bits per heavy atom. The van der Waals surface area contributed by atoms with Crippen LogP contribution in [0, 0.1) is 0 Å². The predicted octanol–water partition coefficient (Wildman–Crippen LogP) is 1.55. The van der Waals surface area contributed by atoms with E-state index in [1.54, 1.807) is 0 Å². The molecule has 0 aliphatic carbocycles. The molecule has 13 heavy (non-hydrogen) atoms. The van der Waals surface area contributed by atoms with Crippen molar-refractivity contribution >= 4 is 17.5 Å². The van der Waals surface area contributed by atoms with Crippen LogP contribution in [0.25, 0.3) is 0 Å². The number of halogens is 1. The molecule has 0 saturated carbocycles. The summed E-state index contributed by atoms with van der Waals surface area (Å²) in [5.74, 6) is -0.0641. The third-order valence-electron chi connectivity index (χ3n) is 1.45. The lowest BCUT2D eigenvalue weighted by Gasteiger charge is -2.06. The summed E-state index contributed by atoms with van der Waals surface area (Å²) in [7, 11) is 0. The van der Waals surface area contributed by atoms with Gasteiger partial charge in [-0.2, -0.15) is 0 Å². The van der Waals surface area contributed by atoms with Gasteiger partial charge in [-0.3, -0.25) is 4.79 Å². The van der Waals surface area contributed by atoms with E-state index in [2.05, 4.69) is 5.32 Å². The van der Waals surface area contributed by atoms with Gasteiger partial charge in [0.2, 0.25) is 5.91 Å². The third-order valence-corrected chi connectivity index (χ3v) is 1.66. The van der Waals surface area contributed by atoms with Crippen LogP contribution in [0.4, 0.5) is 0 Å². The second-order valence-corrected chi connectivity index (χ2v) is 3.72. The van der Waals surface area contributed by atoms with Gasteiger partial charge < -0.3 is 10.1 Å². The molecule has 0 aromatic carbocycles. The number of amides is 1. The lowest BCUT2D eigenvalue weighted by molar-refractivity contribution is -0.125. The molecule has 0 aromatic heterocycles. The SMILES string of the molecule is CCCOCC(=O)NCCC(C)Cl. The minimum atomic E-state index is -0.0641. The van der Waals surface area contributed by atoms with Crippen LogP contribution in [0.15, 0.2) is 0 Å². The first-order valence-corrected chi connectivity index (χ1v) is 5.09. The summed E-state index contributed by atoms with van der Waals surface area (Å²) in [6.45, 7) is 5.33. The fourth-order valence-corrected chi connectivity index (χ4v) is 0.880. The lowest BCUT2D eigenvalue weighted by Crippen LogP contribution is -2.29. The van der Waals surface area contributed by atoms with Crippen LogP contribution in [-0.4, -0.2) is 31.0 Å². The predicted molar refractivity (Wildman–Crippen MR) is 54.1 cm³/mol. The van der Waals surface area contributed by atoms with E-state index in [0.29, 0.717) is 13.2 Å². The van der Waals surface area contributed by atoms with Crippen LogP contribution in [0.3, 0.4) is 0 Å². The van der Waals surface area contributed by atoms with Crippen molar-refractivity contribution in [1.82, 2.24) is 5.32 Å². The van der Waals surface area contributed by atoms with E-state index < -0.39 is 0 Å². The van der Waals surface area contributed by atoms with Crippen molar-refractivity contribution in [2.45, 2.75) is 32.1 Å². The zero-order chi connectivity index (χ0) is 10.1. The number of nitrogens with one attached hydrogen (secondary N) is 1. The number of carbonyl (C=O) groups excluding carboxylic acids is 1. The number of rotatable bonds is 7. The molecule has 0 aliphatic rings. The van der Waals surface area contributed by atoms with Crippen molar-refractivity contribution in [3.05, 3.63) is 0 Å². The first-order chi connectivity index (χ1) is 6.16. The van der Waals surface area contributed by atoms with E-state index in [-0.39, 0.29) is 17.9 Å². The van der Waals surface area contributed by atoms with Crippen LogP contribution in [-0.2, 0) is 9.53 Å². The second-order valence-electron chi connectivity index (χ2n) is 2.97. The largest absolute Gasteiger partial charge is 0.372 e. The highest BCUT2D eigenvalue weighted by molar-refractivity contribution is 6.20. The quantitative estimate of drug-likeness (QED) is 0.508. The molecule has 1 amide bonds. The third kappa shape index (κ3) is 9.64. The Morgan fingerprint density at radius 3 is 2.85 bits per heavy atom. The molecule has 3 nitrogen and oxygen atoms in total. The molecule has 0 aromatic rings. The highest BCUT2D eigenvalue weighted by atomic mass is 35.5. The minimum Gasteiger partial charge on any atom is -0.372 e. The van der Waals surface area contributed by atoms with Gasteiger partial charge in [-0.25, -0.2) is 0 Å². The highest BCUT2D eigenvalue weighted by Gasteiger charge is 2.01. The standard InChI is InChI=1S/C9H18ClNO2/c1-3-6-13-7-9(12)11-5-4-8(2)10/h8H,3-7H2,1-2H3,(H,11,12). The molecular formula is C9H18ClNO2. The zero-order valence-electron chi connectivity index (χ0n) is 8.31. The molecule has 1 N–H and O–H groups in total. The summed E-state index contributed by atoms with van der Waals surface area (Å²) in [6, 6.07) is 0. The van der Waals surface area contributed by atoms with Gasteiger partial charge in [-0.05, 0) is 19.8 Å². The summed E-state index contributed by atoms with van der Waals surface area (Å²) in [6.07, 6.45) is 1.73. The van der Waals surface area contributed by atoms with Gasteiger partial charge in [0, 0.05) is 18.5 Å². The van der Waals surface area contributed by atoms with E-state index in [9.17, 15) is 4.79 Å². The summed E-state index contributed by atoms with van der Waals surface area (Å²) >= 11 is 5.71. The maximum atomic E-state index is 11.0. The first kappa shape index (κ1) is 12.7. The maximum absolute atomic E-state index is 11.0. The number of hydrogen-bond acceptors (Lipinski definition) is 2. The molecule has 1 atom stereocenters. The summed E-state index contributed by atoms with van der Waals surface area (Å²) in [5, 5.41) is 2.83. The minimum absolute atomic E-state index is 0.0641. The van der Waals surface area contributed by atoms with Gasteiger partial charge in [0.15, 0.2) is 0 Å². The average molecular weight is 208 g/mol. The van der Waals surface area contributed by atoms with Gasteiger partial charge >= 0.3 is 0 Å². The number of ether oxygens (including phenoxy) is 1. The van der Waals surface area contributed by atoms with Crippen molar-refractivity contribution in [3.63, 3.8) is 0 Å². The molecule has 0 aliphatic heterocycles. The van der Waals surface area contributed by atoms with Crippen molar-refractivity contribution in [3.8, 4) is 0 Å². The van der Waals surface area contributed by atoms with Crippen molar-refractivity contribution in [2.24, 2.45) is 0 Å². The Morgan fingerprint density at radius 2 is 2.31 bits per heavy atom. The Bertz CT molecular complexity index is 140. The molecule has 0 bridgehead atoms. The number of carbonyl (C=O) groups is 1. The smallest absolute Gasteiger partial charge is 0.245 e. The molecule has 0 heterocycles. The average Bonchev–Trinajstić information content (AvgIpc) is 2.04. The summed E-state index contributed by atoms with van der Waals surface area (Å²) < 4.78 is 5.06. The molecule has 1 unspecified atom stereocenters. The Labute approximate surface area is 84.8 Å². The second kappa shape index (κ2) is 8.32. The Kier molecular flexibility index (Phi) is 8.14. The van der Waals surface area contributed by atoms with E-state index in [1.807, 2.05) is 13.8 Å². The lowest BCUT2D eigenvalue weighted by atomic mass is 10.3. The fraction of sp³-hybridized carbons (Fsp3) is 0.889. The molecule has 0 spiro atoms. The van der Waals surface area contributed by atoms with Crippen LogP contribution in [0.1, 0.15) is 26.7 Å². The summed E-state index contributed by atoms with van der Waals surface area (Å²) in [5.41, 5.74) is 0.